The second kappa shape index (κ2) is 11.2. The first-order valence-corrected chi connectivity index (χ1v) is 3.77. The van der Waals surface area contributed by atoms with E-state index in [0.29, 0.717) is 6.42 Å². The Kier molecular flexibility index (Phi) is 13.5. The molecule has 0 fully saturated rings. The molecule has 2 N–H and O–H groups in total. The minimum Gasteiger partial charge on any atom is -0.481 e. The van der Waals surface area contributed by atoms with Gasteiger partial charge in [-0.3, -0.25) is 0 Å². The molecule has 0 rings (SSSR count). The van der Waals surface area contributed by atoms with Crippen LogP contribution in [0, 0.1) is 0 Å². The highest BCUT2D eigenvalue weighted by Crippen LogP contribution is 1.81. The molecule has 0 heterocycles. The molecule has 0 atom stereocenters. The summed E-state index contributed by atoms with van der Waals surface area (Å²) in [6, 6.07) is 0. The van der Waals surface area contributed by atoms with Gasteiger partial charge in [-0.1, -0.05) is 33.6 Å². The van der Waals surface area contributed by atoms with Crippen LogP contribution in [0.1, 0.15) is 40.0 Å². The Morgan fingerprint density at radius 1 is 1.10 bits per heavy atom. The summed E-state index contributed by atoms with van der Waals surface area (Å²) in [5, 5.41) is 15.9. The van der Waals surface area contributed by atoms with Crippen molar-refractivity contribution in [2.75, 3.05) is 0 Å². The quantitative estimate of drug-likeness (QED) is 0.587. The zero-order valence-electron chi connectivity index (χ0n) is 7.09. The molecule has 0 saturated carbocycles. The molecular formula is C8H18O2. The van der Waals surface area contributed by atoms with Crippen molar-refractivity contribution >= 4 is 0 Å². The van der Waals surface area contributed by atoms with Gasteiger partial charge in [0.2, 0.25) is 0 Å². The van der Waals surface area contributed by atoms with Crippen LogP contribution < -0.4 is 0 Å². The number of aliphatic hydroxyl groups is 2. The number of hydrogen-bond acceptors (Lipinski definition) is 2. The van der Waals surface area contributed by atoms with Gasteiger partial charge in [0.25, 0.3) is 5.95 Å². The highest BCUT2D eigenvalue weighted by atomic mass is 16.5. The molecule has 0 radical (unpaired) electrons. The number of aliphatic hydroxyl groups excluding tert-OH is 1. The van der Waals surface area contributed by atoms with E-state index in [1.165, 1.54) is 18.9 Å². The van der Waals surface area contributed by atoms with Crippen molar-refractivity contribution in [1.82, 2.24) is 0 Å². The Bertz CT molecular complexity index is 71.3. The molecule has 0 unspecified atom stereocenters. The summed E-state index contributed by atoms with van der Waals surface area (Å²) in [6.07, 6.45) is 4.63. The molecule has 0 aromatic rings. The summed E-state index contributed by atoms with van der Waals surface area (Å²) < 4.78 is 0. The summed E-state index contributed by atoms with van der Waals surface area (Å²) in [6.45, 7) is 6.19. The van der Waals surface area contributed by atoms with E-state index < -0.39 is 5.95 Å². The third-order valence-corrected chi connectivity index (χ3v) is 0.887. The highest BCUT2D eigenvalue weighted by molar-refractivity contribution is 4.75. The van der Waals surface area contributed by atoms with Crippen LogP contribution in [0.5, 0.6) is 0 Å². The van der Waals surface area contributed by atoms with Gasteiger partial charge in [0.05, 0.1) is 0 Å². The summed E-state index contributed by atoms with van der Waals surface area (Å²) in [5.74, 6) is -0.586. The number of hydrogen-bond donors (Lipinski definition) is 2. The summed E-state index contributed by atoms with van der Waals surface area (Å²) in [7, 11) is 0. The Morgan fingerprint density at radius 3 is 1.50 bits per heavy atom. The molecule has 0 aliphatic heterocycles. The van der Waals surface area contributed by atoms with Crippen molar-refractivity contribution in [3.8, 4) is 0 Å². The van der Waals surface area contributed by atoms with E-state index in [9.17, 15) is 0 Å². The third-order valence-electron chi connectivity index (χ3n) is 0.887. The van der Waals surface area contributed by atoms with Crippen LogP contribution in [0.2, 0.25) is 0 Å². The summed E-state index contributed by atoms with van der Waals surface area (Å²) >= 11 is 0. The van der Waals surface area contributed by atoms with Crippen LogP contribution in [0.25, 0.3) is 0 Å². The minimum atomic E-state index is -0.586. The fourth-order valence-corrected chi connectivity index (χ4v) is 0.183. The van der Waals surface area contributed by atoms with Crippen LogP contribution in [0.3, 0.4) is 0 Å². The van der Waals surface area contributed by atoms with Gasteiger partial charge >= 0.3 is 0 Å². The lowest BCUT2D eigenvalue weighted by Crippen LogP contribution is -1.71. The van der Waals surface area contributed by atoms with Crippen LogP contribution in [-0.4, -0.2) is 10.2 Å². The smallest absolute Gasteiger partial charge is 0.269 e. The zero-order chi connectivity index (χ0) is 8.41. The zero-order valence-corrected chi connectivity index (χ0v) is 7.09. The van der Waals surface area contributed by atoms with Crippen molar-refractivity contribution in [3.63, 3.8) is 0 Å². The van der Waals surface area contributed by atoms with Crippen molar-refractivity contribution in [2.24, 2.45) is 0 Å². The summed E-state index contributed by atoms with van der Waals surface area (Å²) in [5.41, 5.74) is 0. The minimum absolute atomic E-state index is 0.586. The van der Waals surface area contributed by atoms with Gasteiger partial charge in [0.15, 0.2) is 0 Å². The van der Waals surface area contributed by atoms with Crippen molar-refractivity contribution < 1.29 is 10.2 Å². The van der Waals surface area contributed by atoms with Crippen LogP contribution in [0.15, 0.2) is 12.0 Å². The van der Waals surface area contributed by atoms with Gasteiger partial charge < -0.3 is 10.2 Å². The molecule has 0 aliphatic carbocycles. The van der Waals surface area contributed by atoms with Crippen LogP contribution in [0.4, 0.5) is 0 Å². The number of unbranched alkanes of at least 4 members (excludes halogenated alkanes) is 1. The third kappa shape index (κ3) is 26.4. The maximum atomic E-state index is 7.97. The molecule has 62 valence electrons. The second-order valence-electron chi connectivity index (χ2n) is 1.97. The van der Waals surface area contributed by atoms with E-state index in [4.69, 9.17) is 10.2 Å². The topological polar surface area (TPSA) is 40.5 Å². The summed E-state index contributed by atoms with van der Waals surface area (Å²) in [4.78, 5) is 0. The molecular weight excluding hydrogens is 128 g/mol. The van der Waals surface area contributed by atoms with E-state index in [0.717, 1.165) is 0 Å². The maximum absolute atomic E-state index is 7.97. The average molecular weight is 146 g/mol. The molecule has 0 aromatic carbocycles. The predicted molar refractivity (Wildman–Crippen MR) is 44.2 cm³/mol. The Balaban J connectivity index is 0. The Hall–Kier alpha value is -0.660. The normalized spacial score (nSPS) is 7.50. The molecule has 0 bridgehead atoms. The fraction of sp³-hybridized carbons (Fsp3) is 0.750. The first kappa shape index (κ1) is 12.1. The first-order chi connectivity index (χ1) is 4.68. The first-order valence-electron chi connectivity index (χ1n) is 3.77. The Morgan fingerprint density at radius 2 is 1.50 bits per heavy atom. The van der Waals surface area contributed by atoms with E-state index in [1.54, 1.807) is 0 Å². The highest BCUT2D eigenvalue weighted by Gasteiger charge is 1.73. The second-order valence-corrected chi connectivity index (χ2v) is 1.97. The molecule has 2 heteroatoms. The molecule has 0 saturated heterocycles. The van der Waals surface area contributed by atoms with Crippen molar-refractivity contribution in [1.29, 1.82) is 0 Å². The lowest BCUT2D eigenvalue weighted by atomic mass is 10.4. The van der Waals surface area contributed by atoms with Crippen molar-refractivity contribution in [2.45, 2.75) is 40.0 Å². The molecule has 0 aromatic heterocycles. The van der Waals surface area contributed by atoms with E-state index in [1.807, 2.05) is 6.92 Å². The van der Waals surface area contributed by atoms with Crippen LogP contribution >= 0.6 is 0 Å². The average Bonchev–Trinajstić information content (AvgIpc) is 1.89. The largest absolute Gasteiger partial charge is 0.481 e. The lowest BCUT2D eigenvalue weighted by molar-refractivity contribution is 0.189. The maximum Gasteiger partial charge on any atom is 0.269 e. The van der Waals surface area contributed by atoms with Crippen LogP contribution in [-0.2, 0) is 0 Å². The monoisotopic (exact) mass is 146 g/mol. The molecule has 2 nitrogen and oxygen atoms in total. The van der Waals surface area contributed by atoms with E-state index in [2.05, 4.69) is 13.8 Å². The SMILES string of the molecule is CCC=C(O)O.CCCC. The van der Waals surface area contributed by atoms with Gasteiger partial charge in [-0.2, -0.15) is 0 Å². The number of allylic oxidation sites excluding steroid dienone is 1. The molecule has 10 heavy (non-hydrogen) atoms. The van der Waals surface area contributed by atoms with Gasteiger partial charge in [-0.25, -0.2) is 0 Å². The van der Waals surface area contributed by atoms with E-state index in [-0.39, 0.29) is 0 Å². The van der Waals surface area contributed by atoms with Gasteiger partial charge in [-0.15, -0.1) is 0 Å². The molecule has 0 aliphatic rings. The molecule has 0 spiro atoms. The van der Waals surface area contributed by atoms with Gasteiger partial charge in [0, 0.05) is 0 Å². The fourth-order valence-electron chi connectivity index (χ4n) is 0.183. The predicted octanol–water partition coefficient (Wildman–Crippen LogP) is 3.16. The van der Waals surface area contributed by atoms with Gasteiger partial charge in [0.1, 0.15) is 0 Å². The van der Waals surface area contributed by atoms with Gasteiger partial charge in [-0.05, 0) is 12.5 Å². The molecule has 0 amide bonds. The number of rotatable bonds is 2. The van der Waals surface area contributed by atoms with Crippen molar-refractivity contribution in [3.05, 3.63) is 12.0 Å². The van der Waals surface area contributed by atoms with E-state index >= 15 is 0 Å². The standard InChI is InChI=1S/C4H8O2.C4H10/c1-2-3-4(5)6;1-3-4-2/h3,5-6H,2H2,1H3;3-4H2,1-2H3. The Labute approximate surface area is 63.2 Å². The lowest BCUT2D eigenvalue weighted by Gasteiger charge is -1.79.